The van der Waals surface area contributed by atoms with Gasteiger partial charge in [0, 0.05) is 25.5 Å². The third kappa shape index (κ3) is 6.58. The second-order valence-electron chi connectivity index (χ2n) is 6.92. The van der Waals surface area contributed by atoms with Crippen LogP contribution in [0.4, 0.5) is 18.9 Å². The number of benzene rings is 2. The molecule has 3 aromatic rings. The summed E-state index contributed by atoms with van der Waals surface area (Å²) in [5.41, 5.74) is 1.14. The highest BCUT2D eigenvalue weighted by Gasteiger charge is 2.31. The van der Waals surface area contributed by atoms with Gasteiger partial charge in [-0.15, -0.1) is 0 Å². The van der Waals surface area contributed by atoms with Crippen molar-refractivity contribution in [2.75, 3.05) is 11.9 Å². The summed E-state index contributed by atoms with van der Waals surface area (Å²) in [4.78, 5) is 5.95. The second kappa shape index (κ2) is 10.7. The van der Waals surface area contributed by atoms with E-state index in [0.717, 1.165) is 29.0 Å². The Labute approximate surface area is 195 Å². The van der Waals surface area contributed by atoms with Crippen LogP contribution in [0.2, 0.25) is 5.02 Å². The molecule has 0 aliphatic heterocycles. The van der Waals surface area contributed by atoms with Gasteiger partial charge in [-0.2, -0.15) is 13.2 Å². The van der Waals surface area contributed by atoms with Crippen LogP contribution in [0.1, 0.15) is 23.6 Å². The Morgan fingerprint density at radius 3 is 2.44 bits per heavy atom. The number of nitrogens with zero attached hydrogens (tertiary/aromatic N) is 2. The monoisotopic (exact) mass is 479 g/mol. The van der Waals surface area contributed by atoms with E-state index < -0.39 is 11.7 Å². The number of rotatable bonds is 7. The second-order valence-corrected chi connectivity index (χ2v) is 7.71. The van der Waals surface area contributed by atoms with Gasteiger partial charge in [0.05, 0.1) is 22.9 Å². The summed E-state index contributed by atoms with van der Waals surface area (Å²) in [6, 6.07) is 14.4. The van der Waals surface area contributed by atoms with E-state index in [9.17, 15) is 13.2 Å². The number of thiocarbonyl (C=S) groups is 1. The Morgan fingerprint density at radius 1 is 1.09 bits per heavy atom. The molecule has 168 valence electrons. The summed E-state index contributed by atoms with van der Waals surface area (Å²) in [5, 5.41) is 3.26. The van der Waals surface area contributed by atoms with Crippen molar-refractivity contribution in [1.82, 2.24) is 9.88 Å². The van der Waals surface area contributed by atoms with Gasteiger partial charge < -0.3 is 15.0 Å². The van der Waals surface area contributed by atoms with Crippen LogP contribution in [0.5, 0.6) is 5.75 Å². The standard InChI is InChI=1S/C23H21ClF3N3OS/c1-2-31-19-8-5-16(6-9-19)14-30(15-17-4-3-11-28-13-17)22(32)29-21-12-18(23(25,26)27)7-10-20(21)24/h3-13H,2,14-15H2,1H3,(H,29,32). The largest absolute Gasteiger partial charge is 0.494 e. The maximum absolute atomic E-state index is 13.1. The molecule has 0 amide bonds. The van der Waals surface area contributed by atoms with E-state index in [1.807, 2.05) is 48.2 Å². The van der Waals surface area contributed by atoms with E-state index in [2.05, 4.69) is 10.3 Å². The van der Waals surface area contributed by atoms with Crippen LogP contribution >= 0.6 is 23.8 Å². The van der Waals surface area contributed by atoms with E-state index in [1.54, 1.807) is 12.4 Å². The number of pyridine rings is 1. The number of ether oxygens (including phenoxy) is 1. The highest BCUT2D eigenvalue weighted by molar-refractivity contribution is 7.80. The van der Waals surface area contributed by atoms with E-state index in [0.29, 0.717) is 19.7 Å². The third-order valence-corrected chi connectivity index (χ3v) is 5.22. The molecule has 32 heavy (non-hydrogen) atoms. The van der Waals surface area contributed by atoms with E-state index >= 15 is 0 Å². The molecule has 0 bridgehead atoms. The number of alkyl halides is 3. The van der Waals surface area contributed by atoms with Gasteiger partial charge in [-0.25, -0.2) is 0 Å². The van der Waals surface area contributed by atoms with Gasteiger partial charge in [-0.1, -0.05) is 29.8 Å². The van der Waals surface area contributed by atoms with Crippen LogP contribution < -0.4 is 10.1 Å². The molecule has 0 aliphatic carbocycles. The Hall–Kier alpha value is -2.84. The molecule has 0 fully saturated rings. The van der Waals surface area contributed by atoms with Gasteiger partial charge >= 0.3 is 6.18 Å². The third-order valence-electron chi connectivity index (χ3n) is 4.53. The van der Waals surface area contributed by atoms with E-state index in [4.69, 9.17) is 28.6 Å². The lowest BCUT2D eigenvalue weighted by molar-refractivity contribution is -0.137. The van der Waals surface area contributed by atoms with E-state index in [-0.39, 0.29) is 15.8 Å². The fourth-order valence-corrected chi connectivity index (χ4v) is 3.39. The Kier molecular flexibility index (Phi) is 7.93. The molecule has 1 heterocycles. The molecule has 2 aromatic carbocycles. The lowest BCUT2D eigenvalue weighted by Gasteiger charge is -2.27. The van der Waals surface area contributed by atoms with Crippen LogP contribution in [0.3, 0.4) is 0 Å². The molecule has 9 heteroatoms. The molecule has 0 radical (unpaired) electrons. The zero-order valence-corrected chi connectivity index (χ0v) is 18.8. The van der Waals surface area contributed by atoms with Crippen LogP contribution in [0, 0.1) is 0 Å². The molecule has 0 unspecified atom stereocenters. The zero-order chi connectivity index (χ0) is 23.1. The first kappa shape index (κ1) is 23.8. The molecule has 3 rings (SSSR count). The topological polar surface area (TPSA) is 37.4 Å². The molecule has 0 saturated heterocycles. The normalized spacial score (nSPS) is 11.2. The number of hydrogen-bond acceptors (Lipinski definition) is 3. The molecule has 1 N–H and O–H groups in total. The maximum Gasteiger partial charge on any atom is 0.416 e. The average molecular weight is 480 g/mol. The van der Waals surface area contributed by atoms with Crippen molar-refractivity contribution < 1.29 is 17.9 Å². The van der Waals surface area contributed by atoms with Crippen LogP contribution in [-0.4, -0.2) is 21.6 Å². The van der Waals surface area contributed by atoms with Crippen molar-refractivity contribution in [2.45, 2.75) is 26.2 Å². The first-order chi connectivity index (χ1) is 15.3. The first-order valence-corrected chi connectivity index (χ1v) is 10.6. The summed E-state index contributed by atoms with van der Waals surface area (Å²) in [7, 11) is 0. The minimum absolute atomic E-state index is 0.0920. The average Bonchev–Trinajstić information content (AvgIpc) is 2.76. The number of anilines is 1. The van der Waals surface area contributed by atoms with Gasteiger partial charge in [0.2, 0.25) is 0 Å². The van der Waals surface area contributed by atoms with Crippen LogP contribution in [0.15, 0.2) is 67.0 Å². The summed E-state index contributed by atoms with van der Waals surface area (Å²) in [6.07, 6.45) is -1.11. The summed E-state index contributed by atoms with van der Waals surface area (Å²) in [6.45, 7) is 3.30. The van der Waals surface area contributed by atoms with Crippen LogP contribution in [0.25, 0.3) is 0 Å². The molecular formula is C23H21ClF3N3OS. The van der Waals surface area contributed by atoms with Crippen molar-refractivity contribution in [3.8, 4) is 5.75 Å². The fraction of sp³-hybridized carbons (Fsp3) is 0.217. The quantitative estimate of drug-likeness (QED) is 0.389. The van der Waals surface area contributed by atoms with Crippen molar-refractivity contribution in [1.29, 1.82) is 0 Å². The minimum atomic E-state index is -4.49. The number of hydrogen-bond donors (Lipinski definition) is 1. The Morgan fingerprint density at radius 2 is 1.81 bits per heavy atom. The predicted molar refractivity (Wildman–Crippen MR) is 124 cm³/mol. The van der Waals surface area contributed by atoms with E-state index in [1.165, 1.54) is 6.07 Å². The smallest absolute Gasteiger partial charge is 0.416 e. The molecule has 0 saturated carbocycles. The lowest BCUT2D eigenvalue weighted by atomic mass is 10.2. The summed E-state index contributed by atoms with van der Waals surface area (Å²) in [5.74, 6) is 0.756. The lowest BCUT2D eigenvalue weighted by Crippen LogP contribution is -2.34. The van der Waals surface area contributed by atoms with Gasteiger partial charge in [-0.05, 0) is 66.7 Å². The number of aromatic nitrogens is 1. The van der Waals surface area contributed by atoms with Gasteiger partial charge in [0.15, 0.2) is 5.11 Å². The Balaban J connectivity index is 1.83. The van der Waals surface area contributed by atoms with Crippen molar-refractivity contribution in [2.24, 2.45) is 0 Å². The first-order valence-electron chi connectivity index (χ1n) is 9.79. The predicted octanol–water partition coefficient (Wildman–Crippen LogP) is 6.55. The van der Waals surface area contributed by atoms with Crippen molar-refractivity contribution in [3.05, 3.63) is 88.7 Å². The Bertz CT molecular complexity index is 1050. The molecular weight excluding hydrogens is 459 g/mol. The van der Waals surface area contributed by atoms with Gasteiger partial charge in [0.25, 0.3) is 0 Å². The molecule has 1 aromatic heterocycles. The molecule has 0 spiro atoms. The maximum atomic E-state index is 13.1. The fourth-order valence-electron chi connectivity index (χ4n) is 2.98. The zero-order valence-electron chi connectivity index (χ0n) is 17.2. The number of halogens is 4. The molecule has 0 atom stereocenters. The molecule has 4 nitrogen and oxygen atoms in total. The highest BCUT2D eigenvalue weighted by atomic mass is 35.5. The van der Waals surface area contributed by atoms with Gasteiger partial charge in [0.1, 0.15) is 5.75 Å². The summed E-state index contributed by atoms with van der Waals surface area (Å²) < 4.78 is 44.9. The number of nitrogens with one attached hydrogen (secondary N) is 1. The van der Waals surface area contributed by atoms with Crippen LogP contribution in [-0.2, 0) is 19.3 Å². The SMILES string of the molecule is CCOc1ccc(CN(Cc2cccnc2)C(=S)Nc2cc(C(F)(F)F)ccc2Cl)cc1. The van der Waals surface area contributed by atoms with Gasteiger partial charge in [-0.3, -0.25) is 4.98 Å². The minimum Gasteiger partial charge on any atom is -0.494 e. The van der Waals surface area contributed by atoms with Crippen molar-refractivity contribution >= 4 is 34.6 Å². The highest BCUT2D eigenvalue weighted by Crippen LogP contribution is 2.34. The van der Waals surface area contributed by atoms with Crippen molar-refractivity contribution in [3.63, 3.8) is 0 Å². The molecule has 0 aliphatic rings. The summed E-state index contributed by atoms with van der Waals surface area (Å²) >= 11 is 11.7.